The molecule has 0 saturated carbocycles. The Bertz CT molecular complexity index is 297. The zero-order valence-corrected chi connectivity index (χ0v) is 12.9. The van der Waals surface area contributed by atoms with Gasteiger partial charge in [-0.2, -0.15) is 0 Å². The second-order valence-electron chi connectivity index (χ2n) is 5.67. The third-order valence-corrected chi connectivity index (χ3v) is 4.95. The topological polar surface area (TPSA) is 46.2 Å². The molecule has 1 unspecified atom stereocenters. The Labute approximate surface area is 107 Å². The van der Waals surface area contributed by atoms with Crippen molar-refractivity contribution in [2.24, 2.45) is 5.41 Å². The van der Waals surface area contributed by atoms with Gasteiger partial charge in [0.15, 0.2) is 0 Å². The summed E-state index contributed by atoms with van der Waals surface area (Å²) in [4.78, 5) is 0. The fourth-order valence-corrected chi connectivity index (χ4v) is 3.14. The largest absolute Gasteiger partial charge is 0.315 e. The third kappa shape index (κ3) is 8.61. The van der Waals surface area contributed by atoms with Gasteiger partial charge >= 0.3 is 0 Å². The van der Waals surface area contributed by atoms with Crippen molar-refractivity contribution in [2.75, 3.05) is 18.1 Å². The summed E-state index contributed by atoms with van der Waals surface area (Å²) >= 11 is 0. The van der Waals surface area contributed by atoms with Crippen LogP contribution in [0.2, 0.25) is 0 Å². The predicted octanol–water partition coefficient (Wildman–Crippen LogP) is 2.62. The molecule has 0 aromatic heterocycles. The van der Waals surface area contributed by atoms with E-state index in [1.165, 1.54) is 0 Å². The highest BCUT2D eigenvalue weighted by molar-refractivity contribution is 7.91. The monoisotopic (exact) mass is 263 g/mol. The van der Waals surface area contributed by atoms with E-state index < -0.39 is 9.84 Å². The van der Waals surface area contributed by atoms with E-state index in [2.05, 4.69) is 33.0 Å². The minimum atomic E-state index is -2.80. The van der Waals surface area contributed by atoms with Gasteiger partial charge in [0.05, 0.1) is 5.75 Å². The zero-order chi connectivity index (χ0) is 13.5. The first-order valence-corrected chi connectivity index (χ1v) is 8.48. The Hall–Kier alpha value is -0.0900. The average molecular weight is 263 g/mol. The molecule has 104 valence electrons. The second kappa shape index (κ2) is 7.37. The maximum absolute atomic E-state index is 11.4. The van der Waals surface area contributed by atoms with Crippen molar-refractivity contribution in [1.29, 1.82) is 0 Å². The van der Waals surface area contributed by atoms with Gasteiger partial charge in [-0.15, -0.1) is 0 Å². The Morgan fingerprint density at radius 3 is 2.29 bits per heavy atom. The van der Waals surface area contributed by atoms with Crippen LogP contribution in [-0.4, -0.2) is 32.5 Å². The van der Waals surface area contributed by atoms with Gasteiger partial charge in [0.25, 0.3) is 0 Å². The quantitative estimate of drug-likeness (QED) is 0.695. The van der Waals surface area contributed by atoms with Crippen LogP contribution in [0.5, 0.6) is 0 Å². The molecule has 0 aliphatic heterocycles. The first-order valence-electron chi connectivity index (χ1n) is 6.66. The standard InChI is InChI=1S/C13H29NO2S/c1-6-14-12(3)11-13(4,5)9-8-10-17(15,16)7-2/h12,14H,6-11H2,1-5H3. The van der Waals surface area contributed by atoms with Gasteiger partial charge in [-0.05, 0) is 38.1 Å². The van der Waals surface area contributed by atoms with Crippen LogP contribution >= 0.6 is 0 Å². The minimum absolute atomic E-state index is 0.213. The van der Waals surface area contributed by atoms with Crippen molar-refractivity contribution in [3.63, 3.8) is 0 Å². The number of hydrogen-bond acceptors (Lipinski definition) is 3. The molecule has 0 aliphatic rings. The van der Waals surface area contributed by atoms with Gasteiger partial charge < -0.3 is 5.32 Å². The molecule has 0 aromatic rings. The number of rotatable bonds is 9. The fraction of sp³-hybridized carbons (Fsp3) is 1.00. The highest BCUT2D eigenvalue weighted by Gasteiger charge is 2.21. The van der Waals surface area contributed by atoms with E-state index in [9.17, 15) is 8.42 Å². The summed E-state index contributed by atoms with van der Waals surface area (Å²) < 4.78 is 22.8. The summed E-state index contributed by atoms with van der Waals surface area (Å²) in [5, 5.41) is 3.40. The van der Waals surface area contributed by atoms with Crippen LogP contribution in [0.15, 0.2) is 0 Å². The second-order valence-corrected chi connectivity index (χ2v) is 8.14. The lowest BCUT2D eigenvalue weighted by atomic mass is 9.82. The van der Waals surface area contributed by atoms with E-state index in [4.69, 9.17) is 0 Å². The highest BCUT2D eigenvalue weighted by Crippen LogP contribution is 2.28. The van der Waals surface area contributed by atoms with E-state index >= 15 is 0 Å². The molecule has 0 fully saturated rings. The first kappa shape index (κ1) is 16.9. The lowest BCUT2D eigenvalue weighted by Gasteiger charge is -2.28. The highest BCUT2D eigenvalue weighted by atomic mass is 32.2. The molecule has 0 bridgehead atoms. The van der Waals surface area contributed by atoms with Gasteiger partial charge in [0.1, 0.15) is 9.84 Å². The first-order chi connectivity index (χ1) is 7.72. The van der Waals surface area contributed by atoms with Crippen LogP contribution in [0.25, 0.3) is 0 Å². The molecule has 1 N–H and O–H groups in total. The Morgan fingerprint density at radius 1 is 1.24 bits per heavy atom. The molecule has 3 nitrogen and oxygen atoms in total. The Balaban J connectivity index is 4.01. The van der Waals surface area contributed by atoms with Crippen molar-refractivity contribution in [2.45, 2.75) is 59.9 Å². The zero-order valence-electron chi connectivity index (χ0n) is 12.0. The van der Waals surface area contributed by atoms with Gasteiger partial charge in [0, 0.05) is 11.8 Å². The van der Waals surface area contributed by atoms with Crippen molar-refractivity contribution in [3.8, 4) is 0 Å². The lowest BCUT2D eigenvalue weighted by Crippen LogP contribution is -2.31. The van der Waals surface area contributed by atoms with Crippen molar-refractivity contribution in [1.82, 2.24) is 5.32 Å². The number of nitrogens with one attached hydrogen (secondary N) is 1. The van der Waals surface area contributed by atoms with Crippen molar-refractivity contribution < 1.29 is 8.42 Å². The summed E-state index contributed by atoms with van der Waals surface area (Å²) in [5.41, 5.74) is 0.213. The molecule has 0 aliphatic carbocycles. The molecule has 0 saturated heterocycles. The molecule has 0 rings (SSSR count). The fourth-order valence-electron chi connectivity index (χ4n) is 2.27. The van der Waals surface area contributed by atoms with Crippen LogP contribution in [0.3, 0.4) is 0 Å². The number of sulfone groups is 1. The van der Waals surface area contributed by atoms with Crippen LogP contribution in [0.4, 0.5) is 0 Å². The van der Waals surface area contributed by atoms with Crippen LogP contribution in [0.1, 0.15) is 53.9 Å². The van der Waals surface area contributed by atoms with Gasteiger partial charge in [-0.25, -0.2) is 8.42 Å². The molecule has 0 heterocycles. The molecule has 0 radical (unpaired) electrons. The molecule has 0 spiro atoms. The van der Waals surface area contributed by atoms with E-state index in [0.717, 1.165) is 25.8 Å². The minimum Gasteiger partial charge on any atom is -0.315 e. The van der Waals surface area contributed by atoms with E-state index in [0.29, 0.717) is 11.8 Å². The van der Waals surface area contributed by atoms with Crippen LogP contribution in [0, 0.1) is 5.41 Å². The summed E-state index contributed by atoms with van der Waals surface area (Å²) in [7, 11) is -2.80. The third-order valence-electron chi connectivity index (χ3n) is 3.16. The maximum Gasteiger partial charge on any atom is 0.150 e. The average Bonchev–Trinajstić information content (AvgIpc) is 2.16. The molecule has 4 heteroatoms. The Morgan fingerprint density at radius 2 is 1.82 bits per heavy atom. The maximum atomic E-state index is 11.4. The van der Waals surface area contributed by atoms with Crippen LogP contribution < -0.4 is 5.32 Å². The van der Waals surface area contributed by atoms with E-state index in [1.54, 1.807) is 6.92 Å². The lowest BCUT2D eigenvalue weighted by molar-refractivity contribution is 0.268. The summed E-state index contributed by atoms with van der Waals surface area (Å²) in [6.07, 6.45) is 2.84. The summed E-state index contributed by atoms with van der Waals surface area (Å²) in [6, 6.07) is 0.498. The van der Waals surface area contributed by atoms with E-state index in [-0.39, 0.29) is 11.2 Å². The molecule has 17 heavy (non-hydrogen) atoms. The molecular formula is C13H29NO2S. The molecule has 0 amide bonds. The van der Waals surface area contributed by atoms with Crippen LogP contribution in [-0.2, 0) is 9.84 Å². The van der Waals surface area contributed by atoms with Crippen molar-refractivity contribution >= 4 is 9.84 Å². The summed E-state index contributed by atoms with van der Waals surface area (Å²) in [5.74, 6) is 0.601. The van der Waals surface area contributed by atoms with Gasteiger partial charge in [0.2, 0.25) is 0 Å². The predicted molar refractivity (Wildman–Crippen MR) is 75.1 cm³/mol. The smallest absolute Gasteiger partial charge is 0.150 e. The van der Waals surface area contributed by atoms with Gasteiger partial charge in [-0.3, -0.25) is 0 Å². The molecular weight excluding hydrogens is 234 g/mol. The Kier molecular flexibility index (Phi) is 7.33. The molecule has 0 aromatic carbocycles. The van der Waals surface area contributed by atoms with Gasteiger partial charge in [-0.1, -0.05) is 27.7 Å². The van der Waals surface area contributed by atoms with Crippen molar-refractivity contribution in [3.05, 3.63) is 0 Å². The summed E-state index contributed by atoms with van der Waals surface area (Å²) in [6.45, 7) is 11.4. The normalized spacial score (nSPS) is 14.9. The number of hydrogen-bond donors (Lipinski definition) is 1. The SMILES string of the molecule is CCNC(C)CC(C)(C)CCCS(=O)(=O)CC. The molecule has 1 atom stereocenters. The van der Waals surface area contributed by atoms with E-state index in [1.807, 2.05) is 0 Å².